The minimum atomic E-state index is -3.45. The molecular formula is C16H24N2O3S. The van der Waals surface area contributed by atoms with E-state index in [0.717, 1.165) is 25.7 Å². The van der Waals surface area contributed by atoms with Crippen LogP contribution in [0.2, 0.25) is 0 Å². The van der Waals surface area contributed by atoms with Crippen molar-refractivity contribution in [2.75, 3.05) is 11.9 Å². The monoisotopic (exact) mass is 324 g/mol. The van der Waals surface area contributed by atoms with Gasteiger partial charge in [0, 0.05) is 24.7 Å². The number of anilines is 1. The molecule has 1 fully saturated rings. The van der Waals surface area contributed by atoms with Crippen molar-refractivity contribution in [1.82, 2.24) is 4.31 Å². The smallest absolute Gasteiger partial charge is 0.243 e. The van der Waals surface area contributed by atoms with Crippen LogP contribution in [0.15, 0.2) is 29.2 Å². The summed E-state index contributed by atoms with van der Waals surface area (Å²) in [5.41, 5.74) is 0.622. The SMILES string of the molecule is CCC(=O)Nc1ccc(S(=O)(=O)N2CCCC[C@@H]2CC)cc1. The van der Waals surface area contributed by atoms with E-state index in [-0.39, 0.29) is 11.9 Å². The van der Waals surface area contributed by atoms with Gasteiger partial charge in [-0.15, -0.1) is 0 Å². The predicted octanol–water partition coefficient (Wildman–Crippen LogP) is 2.99. The molecule has 0 saturated carbocycles. The first-order valence-electron chi connectivity index (χ1n) is 7.90. The normalized spacial score (nSPS) is 19.8. The van der Waals surface area contributed by atoms with Crippen LogP contribution in [0, 0.1) is 0 Å². The molecule has 1 aliphatic heterocycles. The Balaban J connectivity index is 2.20. The standard InChI is InChI=1S/C16H24N2O3S/c1-3-14-7-5-6-12-18(14)22(20,21)15-10-8-13(9-11-15)17-16(19)4-2/h8-11,14H,3-7,12H2,1-2H3,(H,17,19)/t14-/m0/s1. The predicted molar refractivity (Wildman–Crippen MR) is 87.2 cm³/mol. The maximum atomic E-state index is 12.8. The highest BCUT2D eigenvalue weighted by Crippen LogP contribution is 2.27. The molecule has 0 bridgehead atoms. The molecule has 1 atom stereocenters. The van der Waals surface area contributed by atoms with Crippen molar-refractivity contribution in [3.8, 4) is 0 Å². The molecular weight excluding hydrogens is 300 g/mol. The van der Waals surface area contributed by atoms with Gasteiger partial charge in [-0.25, -0.2) is 8.42 Å². The Kier molecular flexibility index (Phi) is 5.58. The third-order valence-electron chi connectivity index (χ3n) is 4.11. The van der Waals surface area contributed by atoms with Crippen molar-refractivity contribution in [3.05, 3.63) is 24.3 Å². The van der Waals surface area contributed by atoms with Gasteiger partial charge in [-0.1, -0.05) is 20.3 Å². The summed E-state index contributed by atoms with van der Waals surface area (Å²) in [6.45, 7) is 4.40. The fraction of sp³-hybridized carbons (Fsp3) is 0.562. The zero-order valence-corrected chi connectivity index (χ0v) is 14.0. The van der Waals surface area contributed by atoms with E-state index >= 15 is 0 Å². The highest BCUT2D eigenvalue weighted by atomic mass is 32.2. The Morgan fingerprint density at radius 1 is 1.23 bits per heavy atom. The summed E-state index contributed by atoms with van der Waals surface area (Å²) in [5, 5.41) is 2.72. The summed E-state index contributed by atoms with van der Waals surface area (Å²) in [6, 6.07) is 6.53. The van der Waals surface area contributed by atoms with Crippen LogP contribution < -0.4 is 5.32 Å². The number of nitrogens with one attached hydrogen (secondary N) is 1. The van der Waals surface area contributed by atoms with Crippen molar-refractivity contribution < 1.29 is 13.2 Å². The van der Waals surface area contributed by atoms with Crippen LogP contribution in [-0.4, -0.2) is 31.2 Å². The highest BCUT2D eigenvalue weighted by molar-refractivity contribution is 7.89. The molecule has 2 rings (SSSR count). The number of nitrogens with zero attached hydrogens (tertiary/aromatic N) is 1. The molecule has 1 aliphatic rings. The summed E-state index contributed by atoms with van der Waals surface area (Å²) in [7, 11) is -3.45. The van der Waals surface area contributed by atoms with E-state index in [1.165, 1.54) is 0 Å². The number of hydrogen-bond acceptors (Lipinski definition) is 3. The van der Waals surface area contributed by atoms with E-state index in [4.69, 9.17) is 0 Å². The number of carbonyl (C=O) groups excluding carboxylic acids is 1. The number of rotatable bonds is 5. The van der Waals surface area contributed by atoms with Gasteiger partial charge in [-0.3, -0.25) is 4.79 Å². The Labute approximate surface area is 132 Å². The summed E-state index contributed by atoms with van der Waals surface area (Å²) < 4.78 is 27.2. The second-order valence-corrected chi connectivity index (χ2v) is 7.49. The van der Waals surface area contributed by atoms with Crippen LogP contribution in [0.25, 0.3) is 0 Å². The molecule has 122 valence electrons. The Morgan fingerprint density at radius 3 is 2.50 bits per heavy atom. The number of piperidine rings is 1. The third kappa shape index (κ3) is 3.67. The maximum absolute atomic E-state index is 12.8. The molecule has 5 nitrogen and oxygen atoms in total. The zero-order chi connectivity index (χ0) is 16.2. The van der Waals surface area contributed by atoms with Crippen molar-refractivity contribution in [1.29, 1.82) is 0 Å². The topological polar surface area (TPSA) is 66.5 Å². The summed E-state index contributed by atoms with van der Waals surface area (Å²) in [6.07, 6.45) is 4.17. The number of amides is 1. The number of benzene rings is 1. The van der Waals surface area contributed by atoms with E-state index in [9.17, 15) is 13.2 Å². The molecule has 1 aromatic rings. The molecule has 1 amide bonds. The molecule has 1 N–H and O–H groups in total. The Hall–Kier alpha value is -1.40. The fourth-order valence-corrected chi connectivity index (χ4v) is 4.56. The van der Waals surface area contributed by atoms with Gasteiger partial charge < -0.3 is 5.32 Å². The van der Waals surface area contributed by atoms with E-state index in [1.807, 2.05) is 6.92 Å². The van der Waals surface area contributed by atoms with Gasteiger partial charge in [0.1, 0.15) is 0 Å². The van der Waals surface area contributed by atoms with E-state index in [0.29, 0.717) is 23.5 Å². The molecule has 0 aliphatic carbocycles. The Bertz CT molecular complexity index is 611. The quantitative estimate of drug-likeness (QED) is 0.905. The van der Waals surface area contributed by atoms with E-state index < -0.39 is 10.0 Å². The minimum absolute atomic E-state index is 0.0855. The van der Waals surface area contributed by atoms with Gasteiger partial charge in [-0.05, 0) is 43.5 Å². The molecule has 0 radical (unpaired) electrons. The summed E-state index contributed by atoms with van der Waals surface area (Å²) in [4.78, 5) is 11.6. The zero-order valence-electron chi connectivity index (χ0n) is 13.2. The van der Waals surface area contributed by atoms with Crippen molar-refractivity contribution in [2.24, 2.45) is 0 Å². The van der Waals surface area contributed by atoms with Crippen molar-refractivity contribution in [2.45, 2.75) is 56.9 Å². The van der Waals surface area contributed by atoms with Gasteiger partial charge in [0.05, 0.1) is 4.90 Å². The lowest BCUT2D eigenvalue weighted by Gasteiger charge is -2.34. The molecule has 1 saturated heterocycles. The van der Waals surface area contributed by atoms with Crippen LogP contribution in [0.1, 0.15) is 46.0 Å². The minimum Gasteiger partial charge on any atom is -0.326 e. The molecule has 6 heteroatoms. The molecule has 22 heavy (non-hydrogen) atoms. The average molecular weight is 324 g/mol. The van der Waals surface area contributed by atoms with Gasteiger partial charge in [0.25, 0.3) is 0 Å². The lowest BCUT2D eigenvalue weighted by Crippen LogP contribution is -2.43. The summed E-state index contributed by atoms with van der Waals surface area (Å²) >= 11 is 0. The molecule has 1 aromatic carbocycles. The second-order valence-electron chi connectivity index (χ2n) is 5.60. The molecule has 0 spiro atoms. The van der Waals surface area contributed by atoms with Crippen molar-refractivity contribution in [3.63, 3.8) is 0 Å². The van der Waals surface area contributed by atoms with Crippen LogP contribution >= 0.6 is 0 Å². The van der Waals surface area contributed by atoms with Crippen LogP contribution in [0.4, 0.5) is 5.69 Å². The first-order chi connectivity index (χ1) is 10.5. The van der Waals surface area contributed by atoms with Gasteiger partial charge >= 0.3 is 0 Å². The molecule has 0 aromatic heterocycles. The lowest BCUT2D eigenvalue weighted by atomic mass is 10.0. The largest absolute Gasteiger partial charge is 0.326 e. The van der Waals surface area contributed by atoms with Gasteiger partial charge in [0.15, 0.2) is 0 Å². The van der Waals surface area contributed by atoms with Crippen molar-refractivity contribution >= 4 is 21.6 Å². The fourth-order valence-electron chi connectivity index (χ4n) is 2.79. The Morgan fingerprint density at radius 2 is 1.91 bits per heavy atom. The third-order valence-corrected chi connectivity index (χ3v) is 6.08. The lowest BCUT2D eigenvalue weighted by molar-refractivity contribution is -0.115. The average Bonchev–Trinajstić information content (AvgIpc) is 2.55. The number of carbonyl (C=O) groups is 1. The van der Waals surface area contributed by atoms with Crippen LogP contribution in [-0.2, 0) is 14.8 Å². The van der Waals surface area contributed by atoms with Gasteiger partial charge in [0.2, 0.25) is 15.9 Å². The second kappa shape index (κ2) is 7.24. The molecule has 0 unspecified atom stereocenters. The van der Waals surface area contributed by atoms with E-state index in [2.05, 4.69) is 5.32 Å². The van der Waals surface area contributed by atoms with Crippen LogP contribution in [0.3, 0.4) is 0 Å². The van der Waals surface area contributed by atoms with Gasteiger partial charge in [-0.2, -0.15) is 4.31 Å². The molecule has 1 heterocycles. The highest BCUT2D eigenvalue weighted by Gasteiger charge is 2.32. The first kappa shape index (κ1) is 17.0. The summed E-state index contributed by atoms with van der Waals surface area (Å²) in [5.74, 6) is -0.0855. The first-order valence-corrected chi connectivity index (χ1v) is 9.34. The van der Waals surface area contributed by atoms with E-state index in [1.54, 1.807) is 35.5 Å². The van der Waals surface area contributed by atoms with Crippen LogP contribution in [0.5, 0.6) is 0 Å². The maximum Gasteiger partial charge on any atom is 0.243 e. The number of sulfonamides is 1. The number of hydrogen-bond donors (Lipinski definition) is 1.